The molecule has 9 heteroatoms. The fraction of sp³-hybridized carbons (Fsp3) is 0.212. The Morgan fingerprint density at radius 1 is 0.952 bits per heavy atom. The summed E-state index contributed by atoms with van der Waals surface area (Å²) in [6.45, 7) is 7.67. The van der Waals surface area contributed by atoms with Gasteiger partial charge in [0.15, 0.2) is 5.84 Å². The number of hydrazone groups is 1. The smallest absolute Gasteiger partial charge is 0.283 e. The van der Waals surface area contributed by atoms with Gasteiger partial charge in [0.2, 0.25) is 5.17 Å². The minimum absolute atomic E-state index is 0.00199. The maximum absolute atomic E-state index is 13.1. The number of aromatic nitrogens is 1. The van der Waals surface area contributed by atoms with Crippen LogP contribution in [-0.2, 0) is 11.3 Å². The predicted octanol–water partition coefficient (Wildman–Crippen LogP) is 6.73. The summed E-state index contributed by atoms with van der Waals surface area (Å²) in [5.41, 5.74) is 5.43. The molecule has 8 nitrogen and oxygen atoms in total. The molecule has 4 aromatic rings. The molecule has 3 aromatic carbocycles. The highest BCUT2D eigenvalue weighted by Crippen LogP contribution is 2.31. The molecule has 2 aliphatic heterocycles. The number of carbonyl (C=O) groups excluding carboxylic acids is 1. The van der Waals surface area contributed by atoms with Crippen molar-refractivity contribution in [2.45, 2.75) is 33.7 Å². The molecule has 42 heavy (non-hydrogen) atoms. The van der Waals surface area contributed by atoms with Crippen molar-refractivity contribution in [2.75, 3.05) is 13.2 Å². The van der Waals surface area contributed by atoms with Crippen LogP contribution in [0.2, 0.25) is 0 Å². The summed E-state index contributed by atoms with van der Waals surface area (Å²) in [7, 11) is 0. The lowest BCUT2D eigenvalue weighted by Crippen LogP contribution is -2.35. The number of carbonyl (C=O) groups is 1. The van der Waals surface area contributed by atoms with Gasteiger partial charge in [-0.25, -0.2) is 0 Å². The van der Waals surface area contributed by atoms with Gasteiger partial charge in [0.1, 0.15) is 23.1 Å². The standard InChI is InChI=1S/C33H31N5O3S/c1-21-13-14-23(3)29(17-21)40-16-8-15-37-19-24(25-10-5-6-11-27(25)37)18-26-31(34)38-33(35-32(26)39)42-30(36-38)20-41-28-12-7-4-9-22(28)2/h4-7,9-14,17-19,34H,8,15-16,20H2,1-3H3/b26-18-,34-31?. The topological polar surface area (TPSA) is 92.3 Å². The third kappa shape index (κ3) is 5.60. The second-order valence-electron chi connectivity index (χ2n) is 10.3. The van der Waals surface area contributed by atoms with Gasteiger partial charge >= 0.3 is 0 Å². The Hall–Kier alpha value is -4.63. The molecular formula is C33H31N5O3S. The van der Waals surface area contributed by atoms with Gasteiger partial charge in [-0.3, -0.25) is 10.2 Å². The number of amidine groups is 2. The van der Waals surface area contributed by atoms with E-state index in [1.807, 2.05) is 55.6 Å². The molecule has 0 atom stereocenters. The van der Waals surface area contributed by atoms with Gasteiger partial charge in [-0.1, -0.05) is 48.5 Å². The number of amides is 1. The number of aliphatic imine (C=N–C) groups is 1. The molecule has 0 radical (unpaired) electrons. The van der Waals surface area contributed by atoms with Gasteiger partial charge in [-0.05, 0) is 79.9 Å². The molecule has 6 rings (SSSR count). The molecule has 0 fully saturated rings. The van der Waals surface area contributed by atoms with Crippen LogP contribution in [0.1, 0.15) is 28.7 Å². The van der Waals surface area contributed by atoms with Crippen LogP contribution >= 0.6 is 11.8 Å². The first-order chi connectivity index (χ1) is 20.4. The van der Waals surface area contributed by atoms with Crippen molar-refractivity contribution in [2.24, 2.45) is 10.1 Å². The van der Waals surface area contributed by atoms with E-state index in [0.29, 0.717) is 16.8 Å². The summed E-state index contributed by atoms with van der Waals surface area (Å²) in [6.07, 6.45) is 4.59. The number of para-hydroxylation sites is 2. The van der Waals surface area contributed by atoms with E-state index in [4.69, 9.17) is 14.9 Å². The van der Waals surface area contributed by atoms with Gasteiger partial charge < -0.3 is 14.0 Å². The van der Waals surface area contributed by atoms with Gasteiger partial charge in [-0.2, -0.15) is 15.1 Å². The number of thioether (sulfide) groups is 1. The molecule has 212 valence electrons. The third-order valence-electron chi connectivity index (χ3n) is 7.20. The van der Waals surface area contributed by atoms with Crippen molar-refractivity contribution in [3.63, 3.8) is 0 Å². The van der Waals surface area contributed by atoms with Gasteiger partial charge in [0, 0.05) is 29.2 Å². The highest BCUT2D eigenvalue weighted by atomic mass is 32.2. The molecule has 1 amide bonds. The summed E-state index contributed by atoms with van der Waals surface area (Å²) in [5.74, 6) is 1.24. The second kappa shape index (κ2) is 11.7. The van der Waals surface area contributed by atoms with Crippen molar-refractivity contribution in [3.05, 3.63) is 101 Å². The second-order valence-corrected chi connectivity index (χ2v) is 11.4. The van der Waals surface area contributed by atoms with E-state index < -0.39 is 5.91 Å². The summed E-state index contributed by atoms with van der Waals surface area (Å²) >= 11 is 1.25. The Kier molecular flexibility index (Phi) is 7.67. The molecule has 0 unspecified atom stereocenters. The van der Waals surface area contributed by atoms with Crippen molar-refractivity contribution in [3.8, 4) is 11.5 Å². The predicted molar refractivity (Wildman–Crippen MR) is 170 cm³/mol. The highest BCUT2D eigenvalue weighted by Gasteiger charge is 2.36. The van der Waals surface area contributed by atoms with E-state index in [1.54, 1.807) is 6.08 Å². The molecule has 0 saturated carbocycles. The van der Waals surface area contributed by atoms with Crippen molar-refractivity contribution < 1.29 is 14.3 Å². The SMILES string of the molecule is Cc1ccc(C)c(OCCCn2cc(/C=C3/C(=N)N4N=C(COc5ccccc5C)SC4=NC3=O)c3ccccc32)c1. The lowest BCUT2D eigenvalue weighted by molar-refractivity contribution is -0.114. The van der Waals surface area contributed by atoms with Crippen LogP contribution in [0.5, 0.6) is 11.5 Å². The Labute approximate surface area is 248 Å². The number of ether oxygens (including phenoxy) is 2. The molecule has 0 bridgehead atoms. The van der Waals surface area contributed by atoms with Crippen LogP contribution in [0.25, 0.3) is 17.0 Å². The molecule has 0 saturated heterocycles. The van der Waals surface area contributed by atoms with Crippen LogP contribution in [0.15, 0.2) is 88.6 Å². The molecular weight excluding hydrogens is 546 g/mol. The largest absolute Gasteiger partial charge is 0.493 e. The van der Waals surface area contributed by atoms with E-state index in [0.717, 1.165) is 52.1 Å². The van der Waals surface area contributed by atoms with Crippen molar-refractivity contribution in [1.29, 1.82) is 5.41 Å². The van der Waals surface area contributed by atoms with E-state index in [2.05, 4.69) is 52.8 Å². The number of rotatable bonds is 9. The van der Waals surface area contributed by atoms with Crippen LogP contribution in [-0.4, -0.2) is 44.7 Å². The Morgan fingerprint density at radius 3 is 2.60 bits per heavy atom. The monoisotopic (exact) mass is 577 g/mol. The maximum atomic E-state index is 13.1. The average molecular weight is 578 g/mol. The van der Waals surface area contributed by atoms with E-state index in [1.165, 1.54) is 22.3 Å². The van der Waals surface area contributed by atoms with Crippen molar-refractivity contribution in [1.82, 2.24) is 9.58 Å². The Morgan fingerprint density at radius 2 is 1.74 bits per heavy atom. The van der Waals surface area contributed by atoms with E-state index in [9.17, 15) is 4.79 Å². The lowest BCUT2D eigenvalue weighted by Gasteiger charge is -2.20. The number of hydrogen-bond donors (Lipinski definition) is 1. The lowest BCUT2D eigenvalue weighted by atomic mass is 10.1. The van der Waals surface area contributed by atoms with Crippen LogP contribution in [0.3, 0.4) is 0 Å². The molecule has 2 aliphatic rings. The van der Waals surface area contributed by atoms with Crippen LogP contribution in [0, 0.1) is 26.2 Å². The van der Waals surface area contributed by atoms with E-state index in [-0.39, 0.29) is 18.0 Å². The number of nitrogens with zero attached hydrogens (tertiary/aromatic N) is 4. The zero-order valence-electron chi connectivity index (χ0n) is 23.8. The molecule has 0 aliphatic carbocycles. The van der Waals surface area contributed by atoms with Crippen LogP contribution in [0.4, 0.5) is 0 Å². The van der Waals surface area contributed by atoms with Gasteiger partial charge in [-0.15, -0.1) is 0 Å². The molecule has 3 heterocycles. The fourth-order valence-electron chi connectivity index (χ4n) is 4.96. The van der Waals surface area contributed by atoms with E-state index >= 15 is 0 Å². The molecule has 1 N–H and O–H groups in total. The average Bonchev–Trinajstić information content (AvgIpc) is 3.56. The molecule has 0 spiro atoms. The maximum Gasteiger partial charge on any atom is 0.283 e. The first-order valence-electron chi connectivity index (χ1n) is 13.8. The fourth-order valence-corrected chi connectivity index (χ4v) is 5.76. The Bertz CT molecular complexity index is 1800. The Balaban J connectivity index is 1.18. The summed E-state index contributed by atoms with van der Waals surface area (Å²) in [4.78, 5) is 17.3. The number of nitrogens with one attached hydrogen (secondary N) is 1. The summed E-state index contributed by atoms with van der Waals surface area (Å²) < 4.78 is 14.2. The first kappa shape index (κ1) is 27.5. The number of hydrogen-bond acceptors (Lipinski definition) is 6. The zero-order valence-corrected chi connectivity index (χ0v) is 24.6. The first-order valence-corrected chi connectivity index (χ1v) is 14.6. The van der Waals surface area contributed by atoms with Gasteiger partial charge in [0.05, 0.1) is 12.2 Å². The molecule has 1 aromatic heterocycles. The minimum atomic E-state index is -0.450. The normalized spacial score (nSPS) is 15.7. The zero-order chi connectivity index (χ0) is 29.2. The number of benzene rings is 3. The van der Waals surface area contributed by atoms with Gasteiger partial charge in [0.25, 0.3) is 5.91 Å². The number of fused-ring (bicyclic) bond motifs is 2. The third-order valence-corrected chi connectivity index (χ3v) is 8.09. The quantitative estimate of drug-likeness (QED) is 0.176. The summed E-state index contributed by atoms with van der Waals surface area (Å²) in [6, 6.07) is 22.1. The number of aryl methyl sites for hydroxylation is 4. The highest BCUT2D eigenvalue weighted by molar-refractivity contribution is 8.27. The van der Waals surface area contributed by atoms with Crippen LogP contribution < -0.4 is 9.47 Å². The summed E-state index contributed by atoms with van der Waals surface area (Å²) in [5, 5.41) is 16.8. The minimum Gasteiger partial charge on any atom is -0.493 e. The van der Waals surface area contributed by atoms with Crippen molar-refractivity contribution >= 4 is 50.7 Å².